The molecule has 3 atom stereocenters. The molecule has 3 nitrogen and oxygen atoms in total. The Kier molecular flexibility index (Phi) is 3.42. The molecule has 0 aromatic heterocycles. The van der Waals surface area contributed by atoms with Crippen LogP contribution in [-0.4, -0.2) is 44.3 Å². The van der Waals surface area contributed by atoms with Gasteiger partial charge in [0.1, 0.15) is 0 Å². The van der Waals surface area contributed by atoms with Gasteiger partial charge in [0.2, 0.25) is 0 Å². The van der Waals surface area contributed by atoms with Crippen molar-refractivity contribution in [3.05, 3.63) is 0 Å². The van der Waals surface area contributed by atoms with Crippen LogP contribution in [0.4, 0.5) is 0 Å². The highest BCUT2D eigenvalue weighted by Gasteiger charge is 2.40. The van der Waals surface area contributed by atoms with Crippen molar-refractivity contribution in [3.8, 4) is 0 Å². The second kappa shape index (κ2) is 4.87. The molecule has 3 unspecified atom stereocenters. The lowest BCUT2D eigenvalue weighted by Crippen LogP contribution is -2.47. The van der Waals surface area contributed by atoms with Gasteiger partial charge in [-0.3, -0.25) is 0 Å². The van der Waals surface area contributed by atoms with Gasteiger partial charge in [-0.1, -0.05) is 6.42 Å². The van der Waals surface area contributed by atoms with Crippen molar-refractivity contribution in [1.29, 1.82) is 0 Å². The fraction of sp³-hybridized carbons (Fsp3) is 1.00. The number of rotatable bonds is 3. The summed E-state index contributed by atoms with van der Waals surface area (Å²) in [5.74, 6) is 1.99. The Balaban J connectivity index is 1.58. The molecule has 0 bridgehead atoms. The molecule has 2 heterocycles. The Hall–Kier alpha value is -0.120. The molecule has 2 N–H and O–H groups in total. The minimum atomic E-state index is 0.261. The second-order valence-corrected chi connectivity index (χ2v) is 6.51. The molecule has 0 radical (unpaired) electrons. The highest BCUT2D eigenvalue weighted by atomic mass is 16.5. The Morgan fingerprint density at radius 1 is 1.18 bits per heavy atom. The van der Waals surface area contributed by atoms with Crippen molar-refractivity contribution in [2.45, 2.75) is 32.1 Å². The molecule has 1 saturated carbocycles. The molecule has 0 amide bonds. The van der Waals surface area contributed by atoms with E-state index in [0.717, 1.165) is 31.6 Å². The Morgan fingerprint density at radius 3 is 2.53 bits per heavy atom. The third-order valence-corrected chi connectivity index (χ3v) is 5.20. The van der Waals surface area contributed by atoms with Gasteiger partial charge in [0.15, 0.2) is 0 Å². The molecule has 0 aromatic carbocycles. The van der Waals surface area contributed by atoms with Crippen LogP contribution in [0.15, 0.2) is 0 Å². The summed E-state index contributed by atoms with van der Waals surface area (Å²) >= 11 is 0. The lowest BCUT2D eigenvalue weighted by molar-refractivity contribution is -0.0195. The fourth-order valence-electron chi connectivity index (χ4n) is 4.20. The van der Waals surface area contributed by atoms with Crippen LogP contribution in [0.25, 0.3) is 0 Å². The van der Waals surface area contributed by atoms with Gasteiger partial charge >= 0.3 is 0 Å². The first kappa shape index (κ1) is 11.9. The van der Waals surface area contributed by atoms with Crippen LogP contribution in [0.2, 0.25) is 0 Å². The highest BCUT2D eigenvalue weighted by Crippen LogP contribution is 2.39. The smallest absolute Gasteiger partial charge is 0.0546 e. The minimum absolute atomic E-state index is 0.261. The fourth-order valence-corrected chi connectivity index (χ4v) is 4.20. The number of hydrogen-bond donors (Lipinski definition) is 1. The van der Waals surface area contributed by atoms with Gasteiger partial charge < -0.3 is 15.4 Å². The monoisotopic (exact) mass is 238 g/mol. The van der Waals surface area contributed by atoms with Crippen molar-refractivity contribution in [2.75, 3.05) is 39.4 Å². The Labute approximate surface area is 105 Å². The SMILES string of the molecule is NCC1(CN2CC3CCCC3C2)CCCOC1. The number of fused-ring (bicyclic) bond motifs is 1. The van der Waals surface area contributed by atoms with Crippen molar-refractivity contribution in [1.82, 2.24) is 4.90 Å². The standard InChI is InChI=1S/C14H26N2O/c15-9-14(5-2-6-17-11-14)10-16-7-12-3-1-4-13(12)8-16/h12-13H,1-11,15H2. The molecule has 98 valence electrons. The van der Waals surface area contributed by atoms with E-state index in [1.807, 2.05) is 0 Å². The summed E-state index contributed by atoms with van der Waals surface area (Å²) in [5, 5.41) is 0. The average Bonchev–Trinajstić information content (AvgIpc) is 2.91. The van der Waals surface area contributed by atoms with Crippen molar-refractivity contribution < 1.29 is 4.74 Å². The van der Waals surface area contributed by atoms with Crippen LogP contribution in [0.1, 0.15) is 32.1 Å². The quantitative estimate of drug-likeness (QED) is 0.809. The molecule has 3 rings (SSSR count). The summed E-state index contributed by atoms with van der Waals surface area (Å²) in [7, 11) is 0. The third-order valence-electron chi connectivity index (χ3n) is 5.20. The van der Waals surface area contributed by atoms with E-state index in [2.05, 4.69) is 4.90 Å². The summed E-state index contributed by atoms with van der Waals surface area (Å²) in [6.07, 6.45) is 6.85. The number of nitrogens with two attached hydrogens (primary N) is 1. The first-order valence-corrected chi connectivity index (χ1v) is 7.31. The van der Waals surface area contributed by atoms with Crippen LogP contribution in [-0.2, 0) is 4.74 Å². The van der Waals surface area contributed by atoms with Gasteiger partial charge in [-0.25, -0.2) is 0 Å². The predicted octanol–water partition coefficient (Wildman–Crippen LogP) is 1.47. The maximum absolute atomic E-state index is 6.03. The maximum atomic E-state index is 6.03. The van der Waals surface area contributed by atoms with E-state index in [9.17, 15) is 0 Å². The van der Waals surface area contributed by atoms with E-state index in [-0.39, 0.29) is 5.41 Å². The van der Waals surface area contributed by atoms with E-state index in [0.29, 0.717) is 0 Å². The van der Waals surface area contributed by atoms with Gasteiger partial charge in [0.25, 0.3) is 0 Å². The van der Waals surface area contributed by atoms with Crippen LogP contribution in [0.5, 0.6) is 0 Å². The molecule has 3 fully saturated rings. The second-order valence-electron chi connectivity index (χ2n) is 6.51. The molecule has 0 aromatic rings. The summed E-state index contributed by atoms with van der Waals surface area (Å²) < 4.78 is 5.67. The van der Waals surface area contributed by atoms with E-state index in [1.54, 1.807) is 0 Å². The number of likely N-dealkylation sites (tertiary alicyclic amines) is 1. The molecular formula is C14H26N2O. The molecule has 0 spiro atoms. The molecule has 2 saturated heterocycles. The predicted molar refractivity (Wildman–Crippen MR) is 68.8 cm³/mol. The minimum Gasteiger partial charge on any atom is -0.381 e. The van der Waals surface area contributed by atoms with Crippen molar-refractivity contribution >= 4 is 0 Å². The largest absolute Gasteiger partial charge is 0.381 e. The van der Waals surface area contributed by atoms with Gasteiger partial charge in [-0.05, 0) is 37.5 Å². The number of hydrogen-bond acceptors (Lipinski definition) is 3. The molecule has 17 heavy (non-hydrogen) atoms. The first-order chi connectivity index (χ1) is 8.31. The highest BCUT2D eigenvalue weighted by molar-refractivity contribution is 4.93. The van der Waals surface area contributed by atoms with Crippen LogP contribution < -0.4 is 5.73 Å². The van der Waals surface area contributed by atoms with E-state index >= 15 is 0 Å². The first-order valence-electron chi connectivity index (χ1n) is 7.31. The van der Waals surface area contributed by atoms with E-state index < -0.39 is 0 Å². The van der Waals surface area contributed by atoms with Crippen molar-refractivity contribution in [3.63, 3.8) is 0 Å². The third kappa shape index (κ3) is 2.38. The zero-order chi connectivity index (χ0) is 11.7. The maximum Gasteiger partial charge on any atom is 0.0546 e. The lowest BCUT2D eigenvalue weighted by Gasteiger charge is -2.39. The zero-order valence-corrected chi connectivity index (χ0v) is 10.9. The topological polar surface area (TPSA) is 38.5 Å². The molecule has 1 aliphatic carbocycles. The summed E-state index contributed by atoms with van der Waals surface area (Å²) in [4.78, 5) is 2.68. The van der Waals surface area contributed by atoms with Crippen LogP contribution in [0, 0.1) is 17.3 Å². The van der Waals surface area contributed by atoms with Gasteiger partial charge in [0, 0.05) is 38.2 Å². The summed E-state index contributed by atoms with van der Waals surface area (Å²) in [6.45, 7) is 6.44. The van der Waals surface area contributed by atoms with Gasteiger partial charge in [0.05, 0.1) is 6.61 Å². The van der Waals surface area contributed by atoms with Gasteiger partial charge in [-0.2, -0.15) is 0 Å². The van der Waals surface area contributed by atoms with E-state index in [4.69, 9.17) is 10.5 Å². The molecule has 3 aliphatic rings. The Bertz CT molecular complexity index is 251. The number of nitrogens with zero attached hydrogens (tertiary/aromatic N) is 1. The number of ether oxygens (including phenoxy) is 1. The summed E-state index contributed by atoms with van der Waals surface area (Å²) in [6, 6.07) is 0. The van der Waals surface area contributed by atoms with Crippen LogP contribution in [0.3, 0.4) is 0 Å². The van der Waals surface area contributed by atoms with Gasteiger partial charge in [-0.15, -0.1) is 0 Å². The molecular weight excluding hydrogens is 212 g/mol. The van der Waals surface area contributed by atoms with E-state index in [1.165, 1.54) is 51.7 Å². The lowest BCUT2D eigenvalue weighted by atomic mass is 9.82. The average molecular weight is 238 g/mol. The zero-order valence-electron chi connectivity index (χ0n) is 10.9. The summed E-state index contributed by atoms with van der Waals surface area (Å²) in [5.41, 5.74) is 6.29. The van der Waals surface area contributed by atoms with Crippen molar-refractivity contribution in [2.24, 2.45) is 23.0 Å². The molecule has 2 aliphatic heterocycles. The normalized spacial score (nSPS) is 42.9. The Morgan fingerprint density at radius 2 is 1.94 bits per heavy atom. The molecule has 3 heteroatoms. The van der Waals surface area contributed by atoms with Crippen LogP contribution >= 0.6 is 0 Å².